The summed E-state index contributed by atoms with van der Waals surface area (Å²) in [7, 11) is 0. The minimum Gasteiger partial charge on any atom is -0.393 e. The van der Waals surface area contributed by atoms with Crippen molar-refractivity contribution in [3.8, 4) is 0 Å². The lowest BCUT2D eigenvalue weighted by molar-refractivity contribution is -0.126. The lowest BCUT2D eigenvalue weighted by Gasteiger charge is -2.25. The molecule has 1 amide bonds. The second kappa shape index (κ2) is 5.72. The molecule has 0 radical (unpaired) electrons. The molecule has 1 aliphatic carbocycles. The highest BCUT2D eigenvalue weighted by molar-refractivity contribution is 5.86. The quantitative estimate of drug-likeness (QED) is 0.761. The Morgan fingerprint density at radius 3 is 2.68 bits per heavy atom. The molecule has 19 heavy (non-hydrogen) atoms. The fraction of sp³-hybridized carbons (Fsp3) is 0.533. The van der Waals surface area contributed by atoms with Crippen molar-refractivity contribution in [1.29, 1.82) is 0 Å². The van der Waals surface area contributed by atoms with Crippen molar-refractivity contribution in [2.24, 2.45) is 11.7 Å². The minimum absolute atomic E-state index is 0.167. The third-order valence-electron chi connectivity index (χ3n) is 3.91. The second-order valence-corrected chi connectivity index (χ2v) is 5.61. The van der Waals surface area contributed by atoms with Crippen molar-refractivity contribution in [2.75, 3.05) is 6.54 Å². The van der Waals surface area contributed by atoms with Crippen LogP contribution in [0.4, 0.5) is 0 Å². The Bertz CT molecular complexity index is 431. The van der Waals surface area contributed by atoms with Crippen LogP contribution in [0.5, 0.6) is 0 Å². The van der Waals surface area contributed by atoms with E-state index in [2.05, 4.69) is 5.32 Å². The summed E-state index contributed by atoms with van der Waals surface area (Å²) in [4.78, 5) is 12.2. The van der Waals surface area contributed by atoms with Crippen LogP contribution in [-0.4, -0.2) is 23.7 Å². The molecule has 4 N–H and O–H groups in total. The van der Waals surface area contributed by atoms with Gasteiger partial charge < -0.3 is 16.2 Å². The van der Waals surface area contributed by atoms with Gasteiger partial charge in [0, 0.05) is 6.54 Å². The molecule has 1 aliphatic rings. The monoisotopic (exact) mass is 262 g/mol. The predicted octanol–water partition coefficient (Wildman–Crippen LogP) is 1.14. The molecular formula is C15H22N2O2. The van der Waals surface area contributed by atoms with E-state index in [4.69, 9.17) is 5.73 Å². The van der Waals surface area contributed by atoms with E-state index in [-0.39, 0.29) is 12.0 Å². The van der Waals surface area contributed by atoms with Gasteiger partial charge in [-0.3, -0.25) is 4.79 Å². The van der Waals surface area contributed by atoms with E-state index < -0.39 is 5.54 Å². The summed E-state index contributed by atoms with van der Waals surface area (Å²) in [6.07, 6.45) is 2.36. The summed E-state index contributed by atoms with van der Waals surface area (Å²) in [6.45, 7) is 2.32. The summed E-state index contributed by atoms with van der Waals surface area (Å²) < 4.78 is 0. The number of carbonyl (C=O) groups excluding carboxylic acids is 1. The molecule has 3 unspecified atom stereocenters. The molecule has 0 heterocycles. The normalized spacial score (nSPS) is 25.8. The molecule has 1 fully saturated rings. The highest BCUT2D eigenvalue weighted by Gasteiger charge is 2.31. The Balaban J connectivity index is 1.92. The van der Waals surface area contributed by atoms with Gasteiger partial charge >= 0.3 is 0 Å². The Morgan fingerprint density at radius 2 is 2.11 bits per heavy atom. The molecule has 104 valence electrons. The van der Waals surface area contributed by atoms with E-state index in [0.717, 1.165) is 24.8 Å². The molecule has 4 nitrogen and oxygen atoms in total. The van der Waals surface area contributed by atoms with E-state index in [1.165, 1.54) is 0 Å². The smallest absolute Gasteiger partial charge is 0.244 e. The average molecular weight is 262 g/mol. The van der Waals surface area contributed by atoms with E-state index in [1.807, 2.05) is 30.3 Å². The third-order valence-corrected chi connectivity index (χ3v) is 3.91. The van der Waals surface area contributed by atoms with Crippen molar-refractivity contribution < 1.29 is 9.90 Å². The number of hydrogen-bond acceptors (Lipinski definition) is 3. The van der Waals surface area contributed by atoms with Gasteiger partial charge in [0.25, 0.3) is 0 Å². The van der Waals surface area contributed by atoms with Crippen molar-refractivity contribution >= 4 is 5.91 Å². The van der Waals surface area contributed by atoms with E-state index >= 15 is 0 Å². The van der Waals surface area contributed by atoms with Crippen LogP contribution in [-0.2, 0) is 10.3 Å². The van der Waals surface area contributed by atoms with Crippen molar-refractivity contribution in [3.05, 3.63) is 35.9 Å². The Hall–Kier alpha value is -1.39. The first-order valence-electron chi connectivity index (χ1n) is 6.81. The number of nitrogens with one attached hydrogen (secondary N) is 1. The molecule has 1 aromatic carbocycles. The Kier molecular flexibility index (Phi) is 4.22. The molecule has 0 spiro atoms. The number of aliphatic hydroxyl groups excluding tert-OH is 1. The van der Waals surface area contributed by atoms with Crippen LogP contribution < -0.4 is 11.1 Å². The first kappa shape index (κ1) is 14.0. The predicted molar refractivity (Wildman–Crippen MR) is 74.3 cm³/mol. The lowest BCUT2D eigenvalue weighted by atomic mass is 9.92. The Morgan fingerprint density at radius 1 is 1.42 bits per heavy atom. The second-order valence-electron chi connectivity index (χ2n) is 5.61. The fourth-order valence-electron chi connectivity index (χ4n) is 2.57. The van der Waals surface area contributed by atoms with Gasteiger partial charge in [0.15, 0.2) is 0 Å². The van der Waals surface area contributed by atoms with Gasteiger partial charge in [0.1, 0.15) is 5.54 Å². The van der Waals surface area contributed by atoms with Gasteiger partial charge in [-0.2, -0.15) is 0 Å². The SMILES string of the molecule is CC(N)(C(=O)NCC1CCC(O)C1)c1ccccc1. The van der Waals surface area contributed by atoms with Crippen LogP contribution in [0.15, 0.2) is 30.3 Å². The molecular weight excluding hydrogens is 240 g/mol. The molecule has 1 saturated carbocycles. The number of amides is 1. The summed E-state index contributed by atoms with van der Waals surface area (Å²) in [6, 6.07) is 9.37. The van der Waals surface area contributed by atoms with Crippen LogP contribution in [0, 0.1) is 5.92 Å². The third kappa shape index (κ3) is 3.33. The standard InChI is InChI=1S/C15H22N2O2/c1-15(16,12-5-3-2-4-6-12)14(19)17-10-11-7-8-13(18)9-11/h2-6,11,13,18H,7-10,16H2,1H3,(H,17,19). The van der Waals surface area contributed by atoms with E-state index in [1.54, 1.807) is 6.92 Å². The zero-order valence-corrected chi connectivity index (χ0v) is 11.3. The number of hydrogen-bond donors (Lipinski definition) is 3. The maximum atomic E-state index is 12.2. The van der Waals surface area contributed by atoms with Gasteiger partial charge in [-0.25, -0.2) is 0 Å². The average Bonchev–Trinajstić information content (AvgIpc) is 2.82. The molecule has 0 bridgehead atoms. The van der Waals surface area contributed by atoms with E-state index in [9.17, 15) is 9.90 Å². The minimum atomic E-state index is -1.02. The van der Waals surface area contributed by atoms with Crippen LogP contribution in [0.25, 0.3) is 0 Å². The number of carbonyl (C=O) groups is 1. The number of benzene rings is 1. The summed E-state index contributed by atoms with van der Waals surface area (Å²) in [5, 5.41) is 12.4. The zero-order valence-electron chi connectivity index (χ0n) is 11.3. The van der Waals surface area contributed by atoms with Crippen molar-refractivity contribution in [2.45, 2.75) is 37.8 Å². The van der Waals surface area contributed by atoms with Crippen molar-refractivity contribution in [3.63, 3.8) is 0 Å². The number of rotatable bonds is 4. The molecule has 4 heteroatoms. The molecule has 0 saturated heterocycles. The topological polar surface area (TPSA) is 75.4 Å². The molecule has 0 aliphatic heterocycles. The molecule has 3 atom stereocenters. The van der Waals surface area contributed by atoms with Crippen LogP contribution >= 0.6 is 0 Å². The van der Waals surface area contributed by atoms with Crippen molar-refractivity contribution in [1.82, 2.24) is 5.32 Å². The summed E-state index contributed by atoms with van der Waals surface area (Å²) in [5.74, 6) is 0.200. The summed E-state index contributed by atoms with van der Waals surface area (Å²) in [5.41, 5.74) is 5.92. The van der Waals surface area contributed by atoms with Crippen LogP contribution in [0.3, 0.4) is 0 Å². The molecule has 0 aromatic heterocycles. The van der Waals surface area contributed by atoms with Crippen LogP contribution in [0.2, 0.25) is 0 Å². The molecule has 1 aromatic rings. The summed E-state index contributed by atoms with van der Waals surface area (Å²) >= 11 is 0. The lowest BCUT2D eigenvalue weighted by Crippen LogP contribution is -2.49. The maximum Gasteiger partial charge on any atom is 0.244 e. The highest BCUT2D eigenvalue weighted by Crippen LogP contribution is 2.25. The van der Waals surface area contributed by atoms with Gasteiger partial charge in [0.05, 0.1) is 6.10 Å². The first-order valence-corrected chi connectivity index (χ1v) is 6.81. The maximum absolute atomic E-state index is 12.2. The first-order chi connectivity index (χ1) is 9.00. The van der Waals surface area contributed by atoms with E-state index in [0.29, 0.717) is 12.5 Å². The van der Waals surface area contributed by atoms with Gasteiger partial charge in [0.2, 0.25) is 5.91 Å². The molecule has 2 rings (SSSR count). The van der Waals surface area contributed by atoms with Gasteiger partial charge in [-0.1, -0.05) is 30.3 Å². The fourth-order valence-corrected chi connectivity index (χ4v) is 2.57. The highest BCUT2D eigenvalue weighted by atomic mass is 16.3. The zero-order chi connectivity index (χ0) is 13.9. The van der Waals surface area contributed by atoms with Crippen LogP contribution in [0.1, 0.15) is 31.7 Å². The number of aliphatic hydroxyl groups is 1. The van der Waals surface area contributed by atoms with Gasteiger partial charge in [-0.05, 0) is 37.7 Å². The number of nitrogens with two attached hydrogens (primary N) is 1. The largest absolute Gasteiger partial charge is 0.393 e. The Labute approximate surface area is 114 Å². The van der Waals surface area contributed by atoms with Gasteiger partial charge in [-0.15, -0.1) is 0 Å².